The van der Waals surface area contributed by atoms with Gasteiger partial charge in [0, 0.05) is 0 Å². The second-order valence-electron chi connectivity index (χ2n) is 4.08. The normalized spacial score (nSPS) is 19.8. The van der Waals surface area contributed by atoms with Crippen molar-refractivity contribution in [1.82, 2.24) is 0 Å². The SMILES string of the molecule is SCCCCCC1CCCCC1. The third-order valence-electron chi connectivity index (χ3n) is 3.00. The van der Waals surface area contributed by atoms with Crippen LogP contribution in [0.5, 0.6) is 0 Å². The van der Waals surface area contributed by atoms with E-state index in [1.807, 2.05) is 0 Å². The summed E-state index contributed by atoms with van der Waals surface area (Å²) in [5.74, 6) is 2.16. The van der Waals surface area contributed by atoms with Crippen molar-refractivity contribution in [3.63, 3.8) is 0 Å². The fourth-order valence-electron chi connectivity index (χ4n) is 2.20. The van der Waals surface area contributed by atoms with Gasteiger partial charge in [0.15, 0.2) is 0 Å². The first-order valence-corrected chi connectivity index (χ1v) is 6.17. The third-order valence-corrected chi connectivity index (χ3v) is 3.31. The number of hydrogen-bond acceptors (Lipinski definition) is 1. The molecule has 0 aromatic carbocycles. The smallest absolute Gasteiger partial charge is 0.00979 e. The van der Waals surface area contributed by atoms with E-state index in [0.29, 0.717) is 0 Å². The molecule has 0 bridgehead atoms. The Bertz CT molecular complexity index is 95.2. The zero-order valence-electron chi connectivity index (χ0n) is 8.10. The van der Waals surface area contributed by atoms with Gasteiger partial charge in [-0.3, -0.25) is 0 Å². The highest BCUT2D eigenvalue weighted by atomic mass is 32.1. The Morgan fingerprint density at radius 1 is 0.917 bits per heavy atom. The molecule has 1 rings (SSSR count). The predicted octanol–water partition coefficient (Wildman–Crippen LogP) is 4.06. The summed E-state index contributed by atoms with van der Waals surface area (Å²) >= 11 is 4.22. The lowest BCUT2D eigenvalue weighted by atomic mass is 9.86. The molecule has 0 nitrogen and oxygen atoms in total. The molecule has 1 saturated carbocycles. The molecule has 0 aliphatic heterocycles. The fraction of sp³-hybridized carbons (Fsp3) is 1.00. The molecule has 72 valence electrons. The molecule has 0 saturated heterocycles. The Balaban J connectivity index is 1.91. The van der Waals surface area contributed by atoms with Gasteiger partial charge in [0.05, 0.1) is 0 Å². The molecular formula is C11H22S. The van der Waals surface area contributed by atoms with Gasteiger partial charge >= 0.3 is 0 Å². The van der Waals surface area contributed by atoms with Crippen LogP contribution in [0.25, 0.3) is 0 Å². The van der Waals surface area contributed by atoms with Crippen LogP contribution < -0.4 is 0 Å². The van der Waals surface area contributed by atoms with E-state index in [9.17, 15) is 0 Å². The van der Waals surface area contributed by atoms with Crippen molar-refractivity contribution >= 4 is 12.6 Å². The van der Waals surface area contributed by atoms with Crippen molar-refractivity contribution in [3.05, 3.63) is 0 Å². The summed E-state index contributed by atoms with van der Waals surface area (Å²) in [4.78, 5) is 0. The van der Waals surface area contributed by atoms with Crippen molar-refractivity contribution in [1.29, 1.82) is 0 Å². The summed E-state index contributed by atoms with van der Waals surface area (Å²) in [5.41, 5.74) is 0. The number of rotatable bonds is 5. The average Bonchev–Trinajstić information content (AvgIpc) is 2.14. The first kappa shape index (κ1) is 10.4. The first-order valence-electron chi connectivity index (χ1n) is 5.54. The molecule has 1 aliphatic rings. The van der Waals surface area contributed by atoms with Crippen LogP contribution in [0, 0.1) is 5.92 Å². The number of thiol groups is 1. The van der Waals surface area contributed by atoms with Crippen LogP contribution in [0.2, 0.25) is 0 Å². The predicted molar refractivity (Wildman–Crippen MR) is 58.9 cm³/mol. The van der Waals surface area contributed by atoms with E-state index >= 15 is 0 Å². The Kier molecular flexibility index (Phi) is 5.93. The summed E-state index contributed by atoms with van der Waals surface area (Å²) in [5, 5.41) is 0. The van der Waals surface area contributed by atoms with E-state index in [4.69, 9.17) is 0 Å². The van der Waals surface area contributed by atoms with Gasteiger partial charge in [0.1, 0.15) is 0 Å². The molecule has 1 aliphatic carbocycles. The molecule has 0 amide bonds. The van der Waals surface area contributed by atoms with Crippen molar-refractivity contribution in [2.45, 2.75) is 57.8 Å². The van der Waals surface area contributed by atoms with Gasteiger partial charge in [0.2, 0.25) is 0 Å². The zero-order valence-corrected chi connectivity index (χ0v) is 8.99. The van der Waals surface area contributed by atoms with Crippen LogP contribution >= 0.6 is 12.6 Å². The third kappa shape index (κ3) is 4.39. The van der Waals surface area contributed by atoms with Gasteiger partial charge in [-0.05, 0) is 18.1 Å². The van der Waals surface area contributed by atoms with Crippen LogP contribution in [-0.4, -0.2) is 5.75 Å². The quantitative estimate of drug-likeness (QED) is 0.486. The van der Waals surface area contributed by atoms with Gasteiger partial charge in [-0.2, -0.15) is 12.6 Å². The highest BCUT2D eigenvalue weighted by Crippen LogP contribution is 2.27. The van der Waals surface area contributed by atoms with Gasteiger partial charge in [-0.15, -0.1) is 0 Å². The first-order chi connectivity index (χ1) is 5.93. The molecular weight excluding hydrogens is 164 g/mol. The Morgan fingerprint density at radius 3 is 2.33 bits per heavy atom. The van der Waals surface area contributed by atoms with E-state index in [1.165, 1.54) is 57.8 Å². The summed E-state index contributed by atoms with van der Waals surface area (Å²) < 4.78 is 0. The van der Waals surface area contributed by atoms with Crippen molar-refractivity contribution in [2.75, 3.05) is 5.75 Å². The van der Waals surface area contributed by atoms with Crippen LogP contribution in [-0.2, 0) is 0 Å². The van der Waals surface area contributed by atoms with Crippen LogP contribution in [0.15, 0.2) is 0 Å². The Labute approximate surface area is 82.5 Å². The maximum Gasteiger partial charge on any atom is -0.00979 e. The van der Waals surface area contributed by atoms with E-state index in [1.54, 1.807) is 0 Å². The van der Waals surface area contributed by atoms with E-state index in [0.717, 1.165) is 11.7 Å². The second kappa shape index (κ2) is 6.82. The summed E-state index contributed by atoms with van der Waals surface area (Å²) in [6, 6.07) is 0. The van der Waals surface area contributed by atoms with Gasteiger partial charge in [0.25, 0.3) is 0 Å². The maximum atomic E-state index is 4.22. The molecule has 0 heterocycles. The van der Waals surface area contributed by atoms with Crippen molar-refractivity contribution < 1.29 is 0 Å². The highest BCUT2D eigenvalue weighted by molar-refractivity contribution is 7.80. The summed E-state index contributed by atoms with van der Waals surface area (Å²) in [6.07, 6.45) is 13.2. The van der Waals surface area contributed by atoms with Crippen LogP contribution in [0.4, 0.5) is 0 Å². The van der Waals surface area contributed by atoms with Crippen molar-refractivity contribution in [3.8, 4) is 0 Å². The molecule has 0 spiro atoms. The van der Waals surface area contributed by atoms with E-state index in [2.05, 4.69) is 12.6 Å². The minimum absolute atomic E-state index is 1.07. The molecule has 0 aromatic rings. The molecule has 0 aromatic heterocycles. The van der Waals surface area contributed by atoms with Crippen molar-refractivity contribution in [2.24, 2.45) is 5.92 Å². The topological polar surface area (TPSA) is 0 Å². The lowest BCUT2D eigenvalue weighted by Crippen LogP contribution is -2.05. The number of unbranched alkanes of at least 4 members (excludes halogenated alkanes) is 2. The van der Waals surface area contributed by atoms with Crippen LogP contribution in [0.3, 0.4) is 0 Å². The van der Waals surface area contributed by atoms with E-state index < -0.39 is 0 Å². The summed E-state index contributed by atoms with van der Waals surface area (Å²) in [6.45, 7) is 0. The van der Waals surface area contributed by atoms with Crippen LogP contribution in [0.1, 0.15) is 57.8 Å². The minimum Gasteiger partial charge on any atom is -0.179 e. The standard InChI is InChI=1S/C11H22S/c12-10-6-2-5-9-11-7-3-1-4-8-11/h11-12H,1-10H2. The molecule has 0 N–H and O–H groups in total. The fourth-order valence-corrected chi connectivity index (χ4v) is 2.42. The molecule has 0 unspecified atom stereocenters. The molecule has 0 atom stereocenters. The molecule has 0 radical (unpaired) electrons. The van der Waals surface area contributed by atoms with Gasteiger partial charge in [-0.1, -0.05) is 51.4 Å². The zero-order chi connectivity index (χ0) is 8.65. The molecule has 1 heteroatoms. The minimum atomic E-state index is 1.07. The second-order valence-corrected chi connectivity index (χ2v) is 4.52. The number of hydrogen-bond donors (Lipinski definition) is 1. The lowest BCUT2D eigenvalue weighted by molar-refractivity contribution is 0.329. The average molecular weight is 186 g/mol. The van der Waals surface area contributed by atoms with Gasteiger partial charge < -0.3 is 0 Å². The van der Waals surface area contributed by atoms with E-state index in [-0.39, 0.29) is 0 Å². The largest absolute Gasteiger partial charge is 0.179 e. The highest BCUT2D eigenvalue weighted by Gasteiger charge is 2.11. The summed E-state index contributed by atoms with van der Waals surface area (Å²) in [7, 11) is 0. The Morgan fingerprint density at radius 2 is 1.67 bits per heavy atom. The van der Waals surface area contributed by atoms with Gasteiger partial charge in [-0.25, -0.2) is 0 Å². The Hall–Kier alpha value is 0.350. The maximum absolute atomic E-state index is 4.22. The monoisotopic (exact) mass is 186 g/mol. The molecule has 1 fully saturated rings. The lowest BCUT2D eigenvalue weighted by Gasteiger charge is -2.21. The molecule has 12 heavy (non-hydrogen) atoms.